The Hall–Kier alpha value is -3.99. The van der Waals surface area contributed by atoms with E-state index in [-0.39, 0.29) is 17.9 Å². The van der Waals surface area contributed by atoms with Crippen LogP contribution in [0.25, 0.3) is 11.4 Å². The molecule has 0 fully saturated rings. The zero-order valence-corrected chi connectivity index (χ0v) is 17.3. The lowest BCUT2D eigenvalue weighted by molar-refractivity contribution is -0.141. The smallest absolute Gasteiger partial charge is 0.326 e. The van der Waals surface area contributed by atoms with Crippen LogP contribution in [0.2, 0.25) is 0 Å². The van der Waals surface area contributed by atoms with E-state index in [4.69, 9.17) is 5.73 Å². The van der Waals surface area contributed by atoms with Crippen LogP contribution < -0.4 is 11.1 Å². The first-order valence-corrected chi connectivity index (χ1v) is 9.75. The van der Waals surface area contributed by atoms with Crippen molar-refractivity contribution in [2.45, 2.75) is 19.6 Å². The Morgan fingerprint density at radius 2 is 1.91 bits per heavy atom. The van der Waals surface area contributed by atoms with Gasteiger partial charge in [-0.25, -0.2) is 14.1 Å². The number of hydrogen-bond acceptors (Lipinski definition) is 4. The molecule has 0 aliphatic carbocycles. The Bertz CT molecular complexity index is 1320. The fourth-order valence-electron chi connectivity index (χ4n) is 3.29. The summed E-state index contributed by atoms with van der Waals surface area (Å²) in [5.74, 6) is -1.09. The second kappa shape index (κ2) is 8.51. The number of nitrogens with zero attached hydrogens (tertiary/aromatic N) is 4. The van der Waals surface area contributed by atoms with Crippen LogP contribution in [0, 0.1) is 12.7 Å². The van der Waals surface area contributed by atoms with Gasteiger partial charge in [-0.2, -0.15) is 18.3 Å². The van der Waals surface area contributed by atoms with Gasteiger partial charge >= 0.3 is 6.18 Å². The van der Waals surface area contributed by atoms with Crippen molar-refractivity contribution in [3.05, 3.63) is 89.5 Å². The van der Waals surface area contributed by atoms with E-state index in [9.17, 15) is 22.4 Å². The topological polar surface area (TPSA) is 90.8 Å². The van der Waals surface area contributed by atoms with Crippen LogP contribution in [0.1, 0.15) is 27.6 Å². The number of nitrogens with one attached hydrogen (secondary N) is 1. The number of amides is 1. The van der Waals surface area contributed by atoms with E-state index in [0.29, 0.717) is 23.1 Å². The second-order valence-electron chi connectivity index (χ2n) is 7.16. The average molecular weight is 458 g/mol. The molecular formula is C22H18F4N6O. The summed E-state index contributed by atoms with van der Waals surface area (Å²) in [6, 6.07) is 11.0. The minimum absolute atomic E-state index is 0.150. The van der Waals surface area contributed by atoms with E-state index in [2.05, 4.69) is 15.4 Å². The normalized spacial score (nSPS) is 11.6. The van der Waals surface area contributed by atoms with Crippen LogP contribution in [0.15, 0.2) is 60.9 Å². The molecule has 4 aromatic rings. The first kappa shape index (κ1) is 22.2. The fourth-order valence-corrected chi connectivity index (χ4v) is 3.29. The maximum Gasteiger partial charge on any atom is 0.435 e. The molecule has 33 heavy (non-hydrogen) atoms. The van der Waals surface area contributed by atoms with Gasteiger partial charge in [0.25, 0.3) is 5.91 Å². The molecule has 2 aromatic heterocycles. The highest BCUT2D eigenvalue weighted by atomic mass is 19.4. The van der Waals surface area contributed by atoms with Crippen LogP contribution in [0.5, 0.6) is 0 Å². The third-order valence-electron chi connectivity index (χ3n) is 4.93. The lowest BCUT2D eigenvalue weighted by Crippen LogP contribution is -2.18. The number of anilines is 1. The molecule has 170 valence electrons. The molecule has 2 aromatic carbocycles. The maximum absolute atomic E-state index is 14.7. The molecule has 0 aliphatic rings. The molecule has 0 spiro atoms. The standard InChI is InChI=1S/C22H18F4N6O/c1-13-28-7-8-31(13)15-5-6-18(17(23)10-15)29-21(33)19-11-20(22(24,25)26)30-32(19)16-4-2-3-14(9-16)12-27/h2-11H,12,27H2,1H3,(H,29,33). The predicted molar refractivity (Wildman–Crippen MR) is 113 cm³/mol. The number of imidazole rings is 1. The summed E-state index contributed by atoms with van der Waals surface area (Å²) in [6.07, 6.45) is -1.57. The van der Waals surface area contributed by atoms with Gasteiger partial charge < -0.3 is 15.6 Å². The van der Waals surface area contributed by atoms with E-state index in [1.54, 1.807) is 42.1 Å². The molecule has 3 N–H and O–H groups in total. The number of rotatable bonds is 5. The van der Waals surface area contributed by atoms with Crippen molar-refractivity contribution in [2.24, 2.45) is 5.73 Å². The predicted octanol–water partition coefficient (Wildman–Crippen LogP) is 4.24. The molecule has 0 saturated heterocycles. The summed E-state index contributed by atoms with van der Waals surface area (Å²) in [7, 11) is 0. The van der Waals surface area contributed by atoms with Gasteiger partial charge in [-0.15, -0.1) is 0 Å². The number of benzene rings is 2. The Balaban J connectivity index is 1.69. The third-order valence-corrected chi connectivity index (χ3v) is 4.93. The van der Waals surface area contributed by atoms with Gasteiger partial charge in [0.15, 0.2) is 5.69 Å². The number of nitrogens with two attached hydrogens (primary N) is 1. The van der Waals surface area contributed by atoms with Crippen LogP contribution in [0.4, 0.5) is 23.2 Å². The van der Waals surface area contributed by atoms with Crippen LogP contribution in [-0.4, -0.2) is 25.2 Å². The quantitative estimate of drug-likeness (QED) is 0.438. The molecule has 0 saturated carbocycles. The van der Waals surface area contributed by atoms with E-state index in [1.807, 2.05) is 0 Å². The highest BCUT2D eigenvalue weighted by Gasteiger charge is 2.36. The minimum Gasteiger partial charge on any atom is -0.326 e. The molecule has 0 aliphatic heterocycles. The van der Waals surface area contributed by atoms with Gasteiger partial charge in [0, 0.05) is 36.8 Å². The van der Waals surface area contributed by atoms with Gasteiger partial charge in [-0.05, 0) is 36.8 Å². The number of halogens is 4. The third kappa shape index (κ3) is 4.48. The molecule has 0 radical (unpaired) electrons. The molecule has 4 rings (SSSR count). The highest BCUT2D eigenvalue weighted by molar-refractivity contribution is 6.03. The van der Waals surface area contributed by atoms with Gasteiger partial charge in [-0.3, -0.25) is 4.79 Å². The number of carbonyl (C=O) groups excluding carboxylic acids is 1. The molecule has 0 bridgehead atoms. The van der Waals surface area contributed by atoms with E-state index >= 15 is 0 Å². The lowest BCUT2D eigenvalue weighted by atomic mass is 10.2. The van der Waals surface area contributed by atoms with Crippen molar-refractivity contribution in [1.82, 2.24) is 19.3 Å². The van der Waals surface area contributed by atoms with E-state index in [1.165, 1.54) is 24.3 Å². The zero-order valence-electron chi connectivity index (χ0n) is 17.3. The highest BCUT2D eigenvalue weighted by Crippen LogP contribution is 2.30. The first-order valence-electron chi connectivity index (χ1n) is 9.75. The number of hydrogen-bond donors (Lipinski definition) is 2. The Morgan fingerprint density at radius 3 is 2.55 bits per heavy atom. The maximum atomic E-state index is 14.7. The van der Waals surface area contributed by atoms with Crippen molar-refractivity contribution in [3.63, 3.8) is 0 Å². The van der Waals surface area contributed by atoms with Crippen LogP contribution in [0.3, 0.4) is 0 Å². The monoisotopic (exact) mass is 458 g/mol. The van der Waals surface area contributed by atoms with Gasteiger partial charge in [0.1, 0.15) is 17.3 Å². The van der Waals surface area contributed by atoms with Crippen molar-refractivity contribution < 1.29 is 22.4 Å². The molecule has 1 amide bonds. The van der Waals surface area contributed by atoms with Crippen molar-refractivity contribution in [2.75, 3.05) is 5.32 Å². The van der Waals surface area contributed by atoms with E-state index < -0.39 is 29.3 Å². The summed E-state index contributed by atoms with van der Waals surface area (Å²) in [5.41, 5.74) is 5.07. The minimum atomic E-state index is -4.78. The summed E-state index contributed by atoms with van der Waals surface area (Å²) in [4.78, 5) is 16.9. The number of aromatic nitrogens is 4. The first-order chi connectivity index (χ1) is 15.7. The van der Waals surface area contributed by atoms with Crippen molar-refractivity contribution in [1.29, 1.82) is 0 Å². The summed E-state index contributed by atoms with van der Waals surface area (Å²) in [5, 5.41) is 5.88. The fraction of sp³-hybridized carbons (Fsp3) is 0.136. The molecule has 7 nitrogen and oxygen atoms in total. The molecule has 0 atom stereocenters. The Labute approximate surface area is 185 Å². The van der Waals surface area contributed by atoms with Crippen LogP contribution in [-0.2, 0) is 12.7 Å². The van der Waals surface area contributed by atoms with E-state index in [0.717, 1.165) is 4.68 Å². The number of alkyl halides is 3. The SMILES string of the molecule is Cc1nccn1-c1ccc(NC(=O)c2cc(C(F)(F)F)nn2-c2cccc(CN)c2)c(F)c1. The molecule has 2 heterocycles. The Morgan fingerprint density at radius 1 is 1.12 bits per heavy atom. The average Bonchev–Trinajstić information content (AvgIpc) is 3.42. The summed E-state index contributed by atoms with van der Waals surface area (Å²) < 4.78 is 57.1. The van der Waals surface area contributed by atoms with Gasteiger partial charge in [0.2, 0.25) is 0 Å². The van der Waals surface area contributed by atoms with Crippen LogP contribution >= 0.6 is 0 Å². The zero-order chi connectivity index (χ0) is 23.8. The van der Waals surface area contributed by atoms with Crippen molar-refractivity contribution >= 4 is 11.6 Å². The summed E-state index contributed by atoms with van der Waals surface area (Å²) in [6.45, 7) is 1.89. The molecule has 11 heteroatoms. The largest absolute Gasteiger partial charge is 0.435 e. The van der Waals surface area contributed by atoms with Crippen molar-refractivity contribution in [3.8, 4) is 11.4 Å². The van der Waals surface area contributed by atoms with Gasteiger partial charge in [-0.1, -0.05) is 12.1 Å². The number of aryl methyl sites for hydroxylation is 1. The second-order valence-corrected chi connectivity index (χ2v) is 7.16. The molecule has 0 unspecified atom stereocenters. The summed E-state index contributed by atoms with van der Waals surface area (Å²) >= 11 is 0. The molecular weight excluding hydrogens is 440 g/mol. The van der Waals surface area contributed by atoms with Gasteiger partial charge in [0.05, 0.1) is 11.4 Å². The number of carbonyl (C=O) groups is 1. The Kier molecular flexibility index (Phi) is 5.73. The lowest BCUT2D eigenvalue weighted by Gasteiger charge is -2.11.